The maximum absolute atomic E-state index is 10.2. The van der Waals surface area contributed by atoms with E-state index >= 15 is 0 Å². The number of aldehydes is 1. The number of hydrogen-bond acceptors (Lipinski definition) is 5. The largest absolute Gasteiger partial charge is 0.390 e. The standard InChI is InChI=1S/C17H34O5/c1-2-3-10-14(19)16(21)13-17(22)15(20)11-8-6-4-5-7-9-12-18/h12,14-17,19-22H,2-11,13H2,1H3. The van der Waals surface area contributed by atoms with Crippen molar-refractivity contribution in [1.29, 1.82) is 0 Å². The quantitative estimate of drug-likeness (QED) is 0.273. The summed E-state index contributed by atoms with van der Waals surface area (Å²) in [6.07, 6.45) is 5.38. The van der Waals surface area contributed by atoms with Crippen LogP contribution in [0.3, 0.4) is 0 Å². The van der Waals surface area contributed by atoms with Crippen molar-refractivity contribution in [2.45, 2.75) is 102 Å². The highest BCUT2D eigenvalue weighted by Crippen LogP contribution is 2.15. The molecule has 0 heterocycles. The predicted octanol–water partition coefficient (Wildman–Crippen LogP) is 1.94. The Morgan fingerprint density at radius 3 is 1.77 bits per heavy atom. The molecule has 4 N–H and O–H groups in total. The predicted molar refractivity (Wildman–Crippen MR) is 86.6 cm³/mol. The molecule has 5 heteroatoms. The van der Waals surface area contributed by atoms with Crippen LogP contribution in [-0.2, 0) is 4.79 Å². The molecule has 0 rings (SSSR count). The average molecular weight is 318 g/mol. The number of aliphatic hydroxyl groups excluding tert-OH is 4. The van der Waals surface area contributed by atoms with Crippen molar-refractivity contribution in [1.82, 2.24) is 0 Å². The summed E-state index contributed by atoms with van der Waals surface area (Å²) in [5.74, 6) is 0. The van der Waals surface area contributed by atoms with Crippen LogP contribution < -0.4 is 0 Å². The number of rotatable bonds is 15. The molecular weight excluding hydrogens is 284 g/mol. The average Bonchev–Trinajstić information content (AvgIpc) is 2.51. The SMILES string of the molecule is CCCCC(O)C(O)CC(O)C(O)CCCCCCCC=O. The van der Waals surface area contributed by atoms with E-state index in [2.05, 4.69) is 0 Å². The van der Waals surface area contributed by atoms with Crippen LogP contribution in [-0.4, -0.2) is 51.1 Å². The lowest BCUT2D eigenvalue weighted by Gasteiger charge is -2.23. The van der Waals surface area contributed by atoms with Crippen molar-refractivity contribution in [2.24, 2.45) is 0 Å². The molecule has 0 aromatic carbocycles. The molecule has 0 bridgehead atoms. The molecule has 0 spiro atoms. The molecule has 4 atom stereocenters. The first-order chi connectivity index (χ1) is 10.5. The zero-order valence-corrected chi connectivity index (χ0v) is 13.9. The topological polar surface area (TPSA) is 98.0 Å². The van der Waals surface area contributed by atoms with Crippen molar-refractivity contribution >= 4 is 6.29 Å². The minimum absolute atomic E-state index is 0.00534. The van der Waals surface area contributed by atoms with Gasteiger partial charge in [-0.1, -0.05) is 45.4 Å². The first kappa shape index (κ1) is 21.5. The van der Waals surface area contributed by atoms with Gasteiger partial charge in [-0.2, -0.15) is 0 Å². The molecule has 5 nitrogen and oxygen atoms in total. The second-order valence-electron chi connectivity index (χ2n) is 6.16. The monoisotopic (exact) mass is 318 g/mol. The summed E-state index contributed by atoms with van der Waals surface area (Å²) in [6.45, 7) is 2.01. The van der Waals surface area contributed by atoms with E-state index < -0.39 is 24.4 Å². The molecule has 0 aromatic rings. The second-order valence-corrected chi connectivity index (χ2v) is 6.16. The van der Waals surface area contributed by atoms with Crippen LogP contribution in [0.2, 0.25) is 0 Å². The van der Waals surface area contributed by atoms with Crippen molar-refractivity contribution < 1.29 is 25.2 Å². The molecule has 0 saturated carbocycles. The highest BCUT2D eigenvalue weighted by molar-refractivity contribution is 5.48. The van der Waals surface area contributed by atoms with Gasteiger partial charge < -0.3 is 25.2 Å². The molecule has 0 aliphatic heterocycles. The van der Waals surface area contributed by atoms with Crippen LogP contribution in [0.5, 0.6) is 0 Å². The summed E-state index contributed by atoms with van der Waals surface area (Å²) in [4.78, 5) is 10.2. The summed E-state index contributed by atoms with van der Waals surface area (Å²) < 4.78 is 0. The van der Waals surface area contributed by atoms with Gasteiger partial charge in [0.1, 0.15) is 6.29 Å². The molecule has 0 aromatic heterocycles. The zero-order chi connectivity index (χ0) is 16.8. The summed E-state index contributed by atoms with van der Waals surface area (Å²) in [7, 11) is 0. The lowest BCUT2D eigenvalue weighted by Crippen LogP contribution is -2.35. The number of carbonyl (C=O) groups excluding carboxylic acids is 1. The molecule has 0 fully saturated rings. The smallest absolute Gasteiger partial charge is 0.119 e. The maximum atomic E-state index is 10.2. The first-order valence-corrected chi connectivity index (χ1v) is 8.68. The van der Waals surface area contributed by atoms with Gasteiger partial charge in [-0.05, 0) is 19.3 Å². The number of aliphatic hydroxyl groups is 4. The molecule has 0 aliphatic rings. The van der Waals surface area contributed by atoms with Crippen LogP contribution in [0.4, 0.5) is 0 Å². The summed E-state index contributed by atoms with van der Waals surface area (Å²) >= 11 is 0. The summed E-state index contributed by atoms with van der Waals surface area (Å²) in [6, 6.07) is 0. The van der Waals surface area contributed by atoms with Gasteiger partial charge in [0.25, 0.3) is 0 Å². The normalized spacial score (nSPS) is 17.0. The third-order valence-electron chi connectivity index (χ3n) is 4.05. The van der Waals surface area contributed by atoms with Crippen molar-refractivity contribution in [3.05, 3.63) is 0 Å². The molecule has 0 aliphatic carbocycles. The van der Waals surface area contributed by atoms with E-state index in [1.54, 1.807) is 0 Å². The fourth-order valence-electron chi connectivity index (χ4n) is 2.47. The summed E-state index contributed by atoms with van der Waals surface area (Å²) in [5, 5.41) is 39.3. The molecule has 0 radical (unpaired) electrons. The van der Waals surface area contributed by atoms with Gasteiger partial charge in [0.15, 0.2) is 0 Å². The fourth-order valence-corrected chi connectivity index (χ4v) is 2.47. The fraction of sp³-hybridized carbons (Fsp3) is 0.941. The second kappa shape index (κ2) is 14.1. The number of unbranched alkanes of at least 4 members (excludes halogenated alkanes) is 6. The van der Waals surface area contributed by atoms with Gasteiger partial charge in [-0.25, -0.2) is 0 Å². The van der Waals surface area contributed by atoms with Crippen LogP contribution in [0.1, 0.15) is 77.6 Å². The molecular formula is C17H34O5. The van der Waals surface area contributed by atoms with Gasteiger partial charge in [-0.3, -0.25) is 0 Å². The van der Waals surface area contributed by atoms with Crippen LogP contribution in [0, 0.1) is 0 Å². The minimum atomic E-state index is -0.999. The van der Waals surface area contributed by atoms with Crippen molar-refractivity contribution in [3.8, 4) is 0 Å². The number of hydrogen-bond donors (Lipinski definition) is 4. The van der Waals surface area contributed by atoms with E-state index in [-0.39, 0.29) is 6.42 Å². The van der Waals surface area contributed by atoms with Crippen molar-refractivity contribution in [3.63, 3.8) is 0 Å². The third kappa shape index (κ3) is 11.1. The lowest BCUT2D eigenvalue weighted by atomic mass is 9.97. The molecule has 132 valence electrons. The Morgan fingerprint density at radius 1 is 0.727 bits per heavy atom. The van der Waals surface area contributed by atoms with Crippen LogP contribution in [0.15, 0.2) is 0 Å². The lowest BCUT2D eigenvalue weighted by molar-refractivity contribution is -0.107. The van der Waals surface area contributed by atoms with E-state index in [1.165, 1.54) is 0 Å². The minimum Gasteiger partial charge on any atom is -0.390 e. The molecule has 0 amide bonds. The van der Waals surface area contributed by atoms with E-state index in [1.807, 2.05) is 6.92 Å². The molecule has 0 saturated heterocycles. The zero-order valence-electron chi connectivity index (χ0n) is 13.9. The Kier molecular flexibility index (Phi) is 13.8. The summed E-state index contributed by atoms with van der Waals surface area (Å²) in [5.41, 5.74) is 0. The molecule has 22 heavy (non-hydrogen) atoms. The van der Waals surface area contributed by atoms with Crippen LogP contribution in [0.25, 0.3) is 0 Å². The van der Waals surface area contributed by atoms with Gasteiger partial charge in [-0.15, -0.1) is 0 Å². The van der Waals surface area contributed by atoms with E-state index in [0.29, 0.717) is 19.3 Å². The maximum Gasteiger partial charge on any atom is 0.119 e. The van der Waals surface area contributed by atoms with E-state index in [9.17, 15) is 25.2 Å². The van der Waals surface area contributed by atoms with Crippen LogP contribution >= 0.6 is 0 Å². The van der Waals surface area contributed by atoms with Gasteiger partial charge in [0.05, 0.1) is 24.4 Å². The van der Waals surface area contributed by atoms with Gasteiger partial charge >= 0.3 is 0 Å². The Balaban J connectivity index is 3.72. The Bertz CT molecular complexity index is 259. The van der Waals surface area contributed by atoms with E-state index in [0.717, 1.165) is 51.2 Å². The highest BCUT2D eigenvalue weighted by Gasteiger charge is 2.23. The first-order valence-electron chi connectivity index (χ1n) is 8.68. The van der Waals surface area contributed by atoms with Gasteiger partial charge in [0, 0.05) is 12.8 Å². The Hall–Kier alpha value is -0.490. The Morgan fingerprint density at radius 2 is 1.23 bits per heavy atom. The van der Waals surface area contributed by atoms with Crippen molar-refractivity contribution in [2.75, 3.05) is 0 Å². The number of carbonyl (C=O) groups is 1. The van der Waals surface area contributed by atoms with E-state index in [4.69, 9.17) is 0 Å². The van der Waals surface area contributed by atoms with Gasteiger partial charge in [0.2, 0.25) is 0 Å². The highest BCUT2D eigenvalue weighted by atomic mass is 16.3. The Labute approximate surface area is 134 Å². The molecule has 4 unspecified atom stereocenters. The third-order valence-corrected chi connectivity index (χ3v) is 4.05.